The molecule has 7 nitrogen and oxygen atoms in total. The molecule has 186 valence electrons. The molecule has 10 heteroatoms. The molecule has 0 aromatic heterocycles. The molecule has 0 saturated heterocycles. The molecule has 2 amide bonds. The molecule has 0 radical (unpaired) electrons. The summed E-state index contributed by atoms with van der Waals surface area (Å²) in [5.74, 6) is -8.28. The summed E-state index contributed by atoms with van der Waals surface area (Å²) in [5.41, 5.74) is 4.21. The van der Waals surface area contributed by atoms with Gasteiger partial charge in [-0.05, 0) is 28.5 Å². The van der Waals surface area contributed by atoms with Gasteiger partial charge in [-0.15, -0.1) is 0 Å². The van der Waals surface area contributed by atoms with Gasteiger partial charge in [-0.1, -0.05) is 48.5 Å². The van der Waals surface area contributed by atoms with E-state index < -0.39 is 48.8 Å². The maximum Gasteiger partial charge on any atom is 0.407 e. The van der Waals surface area contributed by atoms with E-state index in [1.807, 2.05) is 48.5 Å². The van der Waals surface area contributed by atoms with Gasteiger partial charge in [-0.25, -0.2) is 13.6 Å². The summed E-state index contributed by atoms with van der Waals surface area (Å²) in [7, 11) is 0. The number of carboxylic acid groups (broad SMARTS) is 1. The average Bonchev–Trinajstić information content (AvgIpc) is 3.24. The molecule has 1 saturated carbocycles. The number of ether oxygens (including phenoxy) is 1. The summed E-state index contributed by atoms with van der Waals surface area (Å²) in [6.45, 7) is -0.974. The Morgan fingerprint density at radius 2 is 1.69 bits per heavy atom. The number of rotatable bonds is 10. The second-order valence-corrected chi connectivity index (χ2v) is 9.60. The molecule has 2 aliphatic carbocycles. The number of benzene rings is 2. The van der Waals surface area contributed by atoms with E-state index in [9.17, 15) is 23.2 Å². The molecule has 0 bridgehead atoms. The minimum atomic E-state index is -3.32. The number of hydrogen-bond donors (Lipinski definition) is 2. The molecule has 0 aliphatic heterocycles. The highest BCUT2D eigenvalue weighted by molar-refractivity contribution is 7.98. The number of alkyl halides is 2. The SMILES string of the molecule is CSCCN(CC(=O)O)C(=O)C1C(CNC(=O)OCC2c3ccccc3-c3ccccc32)C1(F)F. The van der Waals surface area contributed by atoms with E-state index in [1.54, 1.807) is 6.26 Å². The van der Waals surface area contributed by atoms with Gasteiger partial charge in [0.15, 0.2) is 0 Å². The molecular weight excluding hydrogens is 478 g/mol. The van der Waals surface area contributed by atoms with E-state index >= 15 is 0 Å². The molecular formula is C25H26F2N2O5S. The van der Waals surface area contributed by atoms with E-state index in [-0.39, 0.29) is 19.1 Å². The van der Waals surface area contributed by atoms with Crippen molar-refractivity contribution in [2.75, 3.05) is 38.2 Å². The Morgan fingerprint density at radius 1 is 1.09 bits per heavy atom. The second-order valence-electron chi connectivity index (χ2n) is 8.61. The number of hydrogen-bond acceptors (Lipinski definition) is 5. The van der Waals surface area contributed by atoms with Crippen LogP contribution in [0.15, 0.2) is 48.5 Å². The second kappa shape index (κ2) is 10.2. The van der Waals surface area contributed by atoms with E-state index in [0.29, 0.717) is 5.75 Å². The first-order valence-corrected chi connectivity index (χ1v) is 12.6. The third-order valence-electron chi connectivity index (χ3n) is 6.48. The van der Waals surface area contributed by atoms with Crippen LogP contribution in [0.1, 0.15) is 17.0 Å². The maximum absolute atomic E-state index is 14.4. The Bertz CT molecular complexity index is 1080. The van der Waals surface area contributed by atoms with Crippen LogP contribution in [-0.4, -0.2) is 72.1 Å². The molecule has 2 aromatic rings. The van der Waals surface area contributed by atoms with Crippen molar-refractivity contribution < 1.29 is 33.0 Å². The van der Waals surface area contributed by atoms with Crippen molar-refractivity contribution in [3.05, 3.63) is 59.7 Å². The lowest BCUT2D eigenvalue weighted by molar-refractivity contribution is -0.145. The van der Waals surface area contributed by atoms with Crippen LogP contribution in [0.4, 0.5) is 13.6 Å². The van der Waals surface area contributed by atoms with Gasteiger partial charge < -0.3 is 20.1 Å². The highest BCUT2D eigenvalue weighted by Crippen LogP contribution is 2.55. The largest absolute Gasteiger partial charge is 0.480 e. The Kier molecular flexibility index (Phi) is 7.30. The Labute approximate surface area is 205 Å². The first-order chi connectivity index (χ1) is 16.8. The van der Waals surface area contributed by atoms with Crippen LogP contribution in [-0.2, 0) is 14.3 Å². The van der Waals surface area contributed by atoms with Crippen LogP contribution in [0.2, 0.25) is 0 Å². The van der Waals surface area contributed by atoms with Gasteiger partial charge >= 0.3 is 12.1 Å². The molecule has 1 fully saturated rings. The summed E-state index contributed by atoms with van der Waals surface area (Å²) in [6, 6.07) is 15.7. The molecule has 2 atom stereocenters. The Hall–Kier alpha value is -3.14. The summed E-state index contributed by atoms with van der Waals surface area (Å²) in [6.07, 6.45) is 0.932. The van der Waals surface area contributed by atoms with Gasteiger partial charge in [0.2, 0.25) is 5.91 Å². The molecule has 2 N–H and O–H groups in total. The van der Waals surface area contributed by atoms with E-state index in [1.165, 1.54) is 11.8 Å². The predicted molar refractivity (Wildman–Crippen MR) is 128 cm³/mol. The predicted octanol–water partition coefficient (Wildman–Crippen LogP) is 3.68. The Balaban J connectivity index is 1.33. The van der Waals surface area contributed by atoms with Gasteiger partial charge in [0, 0.05) is 24.8 Å². The van der Waals surface area contributed by atoms with Crippen LogP contribution in [0.5, 0.6) is 0 Å². The molecule has 2 aromatic carbocycles. The van der Waals surface area contributed by atoms with Crippen LogP contribution in [0.3, 0.4) is 0 Å². The van der Waals surface area contributed by atoms with Gasteiger partial charge in [0.05, 0.1) is 5.92 Å². The average molecular weight is 505 g/mol. The van der Waals surface area contributed by atoms with Crippen LogP contribution < -0.4 is 5.32 Å². The number of halogens is 2. The molecule has 2 unspecified atom stereocenters. The van der Waals surface area contributed by atoms with E-state index in [4.69, 9.17) is 9.84 Å². The number of nitrogens with zero attached hydrogens (tertiary/aromatic N) is 1. The van der Waals surface area contributed by atoms with Gasteiger partial charge in [0.25, 0.3) is 5.92 Å². The summed E-state index contributed by atoms with van der Waals surface area (Å²) in [4.78, 5) is 36.9. The van der Waals surface area contributed by atoms with Crippen molar-refractivity contribution in [1.29, 1.82) is 0 Å². The maximum atomic E-state index is 14.4. The topological polar surface area (TPSA) is 95.9 Å². The van der Waals surface area contributed by atoms with Crippen molar-refractivity contribution >= 4 is 29.7 Å². The van der Waals surface area contributed by atoms with Crippen LogP contribution >= 0.6 is 11.8 Å². The number of carbonyl (C=O) groups is 3. The fraction of sp³-hybridized carbons (Fsp3) is 0.400. The smallest absolute Gasteiger partial charge is 0.407 e. The van der Waals surface area contributed by atoms with Crippen molar-refractivity contribution in [1.82, 2.24) is 10.2 Å². The zero-order chi connectivity index (χ0) is 25.2. The van der Waals surface area contributed by atoms with Crippen molar-refractivity contribution in [3.8, 4) is 11.1 Å². The number of thioether (sulfide) groups is 1. The monoisotopic (exact) mass is 504 g/mol. The number of aliphatic carboxylic acids is 1. The van der Waals surface area contributed by atoms with Crippen molar-refractivity contribution in [2.24, 2.45) is 11.8 Å². The number of amides is 2. The Morgan fingerprint density at radius 3 is 2.26 bits per heavy atom. The molecule has 0 spiro atoms. The van der Waals surface area contributed by atoms with E-state index in [2.05, 4.69) is 5.32 Å². The van der Waals surface area contributed by atoms with Crippen LogP contribution in [0.25, 0.3) is 11.1 Å². The number of alkyl carbamates (subject to hydrolysis) is 1. The quantitative estimate of drug-likeness (QED) is 0.513. The zero-order valence-electron chi connectivity index (χ0n) is 19.1. The summed E-state index contributed by atoms with van der Waals surface area (Å²) in [5, 5.41) is 11.4. The van der Waals surface area contributed by atoms with Crippen LogP contribution in [0, 0.1) is 11.8 Å². The fourth-order valence-corrected chi connectivity index (χ4v) is 5.06. The standard InChI is InChI=1S/C25H26F2N2O5S/c1-35-11-10-29(13-21(30)31)23(32)22-20(25(22,26)27)12-28-24(33)34-14-19-17-8-4-2-6-15(17)16-7-3-5-9-18(16)19/h2-9,19-20,22H,10-14H2,1H3,(H,28,33)(H,30,31). The minimum absolute atomic E-state index is 0.0460. The highest BCUT2D eigenvalue weighted by atomic mass is 32.2. The normalized spacial score (nSPS) is 19.4. The first-order valence-electron chi connectivity index (χ1n) is 11.2. The minimum Gasteiger partial charge on any atom is -0.480 e. The third kappa shape index (κ3) is 5.12. The van der Waals surface area contributed by atoms with E-state index in [0.717, 1.165) is 27.2 Å². The first kappa shape index (κ1) is 25.0. The molecule has 4 rings (SSSR count). The lowest BCUT2D eigenvalue weighted by atomic mass is 9.98. The van der Waals surface area contributed by atoms with Crippen molar-refractivity contribution in [3.63, 3.8) is 0 Å². The van der Waals surface area contributed by atoms with Crippen molar-refractivity contribution in [2.45, 2.75) is 11.8 Å². The van der Waals surface area contributed by atoms with Gasteiger partial charge in [0.1, 0.15) is 19.1 Å². The lowest BCUT2D eigenvalue weighted by Gasteiger charge is -2.20. The summed E-state index contributed by atoms with van der Waals surface area (Å²) >= 11 is 1.38. The fourth-order valence-electron chi connectivity index (χ4n) is 4.65. The highest BCUT2D eigenvalue weighted by Gasteiger charge is 2.72. The molecule has 35 heavy (non-hydrogen) atoms. The number of nitrogens with one attached hydrogen (secondary N) is 1. The number of carboxylic acids is 1. The van der Waals surface area contributed by atoms with Gasteiger partial charge in [-0.3, -0.25) is 9.59 Å². The third-order valence-corrected chi connectivity index (χ3v) is 7.07. The molecule has 2 aliphatic rings. The lowest BCUT2D eigenvalue weighted by Crippen LogP contribution is -2.39. The number of carbonyl (C=O) groups excluding carboxylic acids is 2. The summed E-state index contributed by atoms with van der Waals surface area (Å²) < 4.78 is 34.1. The number of fused-ring (bicyclic) bond motifs is 3. The van der Waals surface area contributed by atoms with Gasteiger partial charge in [-0.2, -0.15) is 11.8 Å². The molecule has 0 heterocycles. The zero-order valence-corrected chi connectivity index (χ0v) is 19.9.